The lowest BCUT2D eigenvalue weighted by molar-refractivity contribution is 0.143. The van der Waals surface area contributed by atoms with Crippen LogP contribution >= 0.6 is 0 Å². The number of hydrogen-bond donors (Lipinski definition) is 1. The molecule has 0 bridgehead atoms. The van der Waals surface area contributed by atoms with E-state index in [4.69, 9.17) is 0 Å². The molecule has 4 heteroatoms. The number of carbonyl (C=O) groups is 1. The third-order valence-electron chi connectivity index (χ3n) is 5.29. The van der Waals surface area contributed by atoms with E-state index in [0.717, 1.165) is 30.6 Å². The molecule has 3 rings (SSSR count). The van der Waals surface area contributed by atoms with E-state index in [1.807, 2.05) is 48.3 Å². The minimum atomic E-state index is -0.142. The molecular weight excluding hydrogens is 322 g/mol. The summed E-state index contributed by atoms with van der Waals surface area (Å²) in [6.07, 6.45) is 3.67. The van der Waals surface area contributed by atoms with E-state index in [1.54, 1.807) is 0 Å². The summed E-state index contributed by atoms with van der Waals surface area (Å²) < 4.78 is 0. The van der Waals surface area contributed by atoms with Gasteiger partial charge in [-0.2, -0.15) is 0 Å². The molecule has 26 heavy (non-hydrogen) atoms. The third kappa shape index (κ3) is 4.64. The lowest BCUT2D eigenvalue weighted by atomic mass is 9.99. The van der Waals surface area contributed by atoms with Crippen LogP contribution in [0.4, 0.5) is 4.79 Å². The number of likely N-dealkylation sites (tertiary alicyclic amines) is 1. The van der Waals surface area contributed by atoms with Crippen molar-refractivity contribution < 1.29 is 4.79 Å². The fraction of sp³-hybridized carbons (Fsp3) is 0.409. The van der Waals surface area contributed by atoms with Gasteiger partial charge in [-0.05, 0) is 37.6 Å². The maximum Gasteiger partial charge on any atom is 0.317 e. The van der Waals surface area contributed by atoms with Gasteiger partial charge in [0.25, 0.3) is 0 Å². The fourth-order valence-corrected chi connectivity index (χ4v) is 3.66. The van der Waals surface area contributed by atoms with E-state index in [0.29, 0.717) is 6.04 Å². The highest BCUT2D eigenvalue weighted by Gasteiger charge is 2.24. The molecule has 1 atom stereocenters. The number of piperidine rings is 1. The van der Waals surface area contributed by atoms with Crippen LogP contribution in [-0.4, -0.2) is 49.1 Å². The van der Waals surface area contributed by atoms with Crippen molar-refractivity contribution in [2.75, 3.05) is 27.2 Å². The lowest BCUT2D eigenvalue weighted by Gasteiger charge is -2.35. The van der Waals surface area contributed by atoms with Gasteiger partial charge in [0.05, 0.1) is 6.04 Å². The second-order valence-corrected chi connectivity index (χ2v) is 7.21. The number of hydrogen-bond acceptors (Lipinski definition) is 2. The average Bonchev–Trinajstić information content (AvgIpc) is 2.69. The summed E-state index contributed by atoms with van der Waals surface area (Å²) in [5, 5.41) is 3.22. The van der Waals surface area contributed by atoms with Crippen LogP contribution in [0.15, 0.2) is 60.7 Å². The first kappa shape index (κ1) is 18.5. The molecule has 1 heterocycles. The molecule has 138 valence electrons. The maximum absolute atomic E-state index is 12.9. The quantitative estimate of drug-likeness (QED) is 0.887. The van der Waals surface area contributed by atoms with Crippen molar-refractivity contribution in [3.63, 3.8) is 0 Å². The van der Waals surface area contributed by atoms with Crippen LogP contribution in [0.1, 0.15) is 36.4 Å². The Morgan fingerprint density at radius 2 is 1.65 bits per heavy atom. The molecule has 1 N–H and O–H groups in total. The van der Waals surface area contributed by atoms with Crippen molar-refractivity contribution in [1.82, 2.24) is 15.1 Å². The first-order valence-electron chi connectivity index (χ1n) is 9.47. The predicted octanol–water partition coefficient (Wildman–Crippen LogP) is 3.90. The Morgan fingerprint density at radius 3 is 2.19 bits per heavy atom. The van der Waals surface area contributed by atoms with E-state index < -0.39 is 0 Å². The molecule has 0 spiro atoms. The van der Waals surface area contributed by atoms with Gasteiger partial charge < -0.3 is 15.1 Å². The first-order valence-corrected chi connectivity index (χ1v) is 9.47. The smallest absolute Gasteiger partial charge is 0.317 e. The molecule has 0 aromatic heterocycles. The number of urea groups is 1. The molecule has 0 unspecified atom stereocenters. The van der Waals surface area contributed by atoms with Gasteiger partial charge in [0, 0.05) is 19.6 Å². The van der Waals surface area contributed by atoms with Crippen LogP contribution in [0.3, 0.4) is 0 Å². The molecule has 2 aromatic carbocycles. The second kappa shape index (κ2) is 8.86. The van der Waals surface area contributed by atoms with Gasteiger partial charge in [-0.25, -0.2) is 4.79 Å². The van der Waals surface area contributed by atoms with E-state index in [-0.39, 0.29) is 12.1 Å². The maximum atomic E-state index is 12.9. The fourth-order valence-electron chi connectivity index (χ4n) is 3.66. The number of carbonyl (C=O) groups excluding carboxylic acids is 1. The molecule has 0 aliphatic carbocycles. The van der Waals surface area contributed by atoms with Crippen LogP contribution in [0.2, 0.25) is 0 Å². The van der Waals surface area contributed by atoms with Gasteiger partial charge in [0.2, 0.25) is 0 Å². The van der Waals surface area contributed by atoms with E-state index in [1.165, 1.54) is 12.8 Å². The Hall–Kier alpha value is -2.33. The molecular formula is C22H29N3O. The second-order valence-electron chi connectivity index (χ2n) is 7.21. The van der Waals surface area contributed by atoms with E-state index in [9.17, 15) is 4.79 Å². The van der Waals surface area contributed by atoms with Crippen molar-refractivity contribution in [1.29, 1.82) is 0 Å². The Labute approximate surface area is 156 Å². The summed E-state index contributed by atoms with van der Waals surface area (Å²) in [7, 11) is 4.05. The predicted molar refractivity (Wildman–Crippen MR) is 106 cm³/mol. The van der Waals surface area contributed by atoms with Crippen LogP contribution in [0, 0.1) is 0 Å². The summed E-state index contributed by atoms with van der Waals surface area (Å²) in [6, 6.07) is 20.6. The lowest BCUT2D eigenvalue weighted by Crippen LogP contribution is -2.48. The minimum Gasteiger partial charge on any atom is -0.327 e. The zero-order valence-corrected chi connectivity index (χ0v) is 15.8. The third-order valence-corrected chi connectivity index (χ3v) is 5.29. The van der Waals surface area contributed by atoms with E-state index in [2.05, 4.69) is 41.5 Å². The topological polar surface area (TPSA) is 35.6 Å². The van der Waals surface area contributed by atoms with Crippen LogP contribution in [-0.2, 0) is 0 Å². The highest BCUT2D eigenvalue weighted by atomic mass is 16.2. The number of amides is 2. The molecule has 1 aliphatic rings. The summed E-state index contributed by atoms with van der Waals surface area (Å²) in [5.74, 6) is 0. The molecule has 1 aliphatic heterocycles. The average molecular weight is 351 g/mol. The SMILES string of the molecule is CN(C[C@H]1CCCCN1C)C(=O)NC(c1ccccc1)c1ccccc1. The number of rotatable bonds is 5. The Morgan fingerprint density at radius 1 is 1.08 bits per heavy atom. The molecule has 0 radical (unpaired) electrons. The molecule has 4 nitrogen and oxygen atoms in total. The van der Waals surface area contributed by atoms with Gasteiger partial charge >= 0.3 is 6.03 Å². The zero-order valence-electron chi connectivity index (χ0n) is 15.8. The zero-order chi connectivity index (χ0) is 18.4. The van der Waals surface area contributed by atoms with Crippen molar-refractivity contribution in [3.05, 3.63) is 71.8 Å². The van der Waals surface area contributed by atoms with Gasteiger partial charge in [0.1, 0.15) is 0 Å². The van der Waals surface area contributed by atoms with Gasteiger partial charge in [-0.3, -0.25) is 0 Å². The van der Waals surface area contributed by atoms with Crippen molar-refractivity contribution in [3.8, 4) is 0 Å². The molecule has 1 fully saturated rings. The molecule has 2 aromatic rings. The summed E-state index contributed by atoms with van der Waals surface area (Å²) in [4.78, 5) is 17.1. The largest absolute Gasteiger partial charge is 0.327 e. The first-order chi connectivity index (χ1) is 12.6. The van der Waals surface area contributed by atoms with Crippen molar-refractivity contribution in [2.24, 2.45) is 0 Å². The Balaban J connectivity index is 1.71. The van der Waals surface area contributed by atoms with Gasteiger partial charge in [0.15, 0.2) is 0 Å². The minimum absolute atomic E-state index is 0.0262. The summed E-state index contributed by atoms with van der Waals surface area (Å²) >= 11 is 0. The summed E-state index contributed by atoms with van der Waals surface area (Å²) in [5.41, 5.74) is 2.19. The summed E-state index contributed by atoms with van der Waals surface area (Å²) in [6.45, 7) is 1.88. The number of nitrogens with zero attached hydrogens (tertiary/aromatic N) is 2. The monoisotopic (exact) mass is 351 g/mol. The van der Waals surface area contributed by atoms with E-state index >= 15 is 0 Å². The number of benzene rings is 2. The van der Waals surface area contributed by atoms with Crippen LogP contribution in [0.25, 0.3) is 0 Å². The van der Waals surface area contributed by atoms with Crippen molar-refractivity contribution >= 4 is 6.03 Å². The van der Waals surface area contributed by atoms with Gasteiger partial charge in [-0.15, -0.1) is 0 Å². The Kier molecular flexibility index (Phi) is 6.29. The van der Waals surface area contributed by atoms with Crippen molar-refractivity contribution in [2.45, 2.75) is 31.3 Å². The normalized spacial score (nSPS) is 17.9. The highest BCUT2D eigenvalue weighted by molar-refractivity contribution is 5.75. The Bertz CT molecular complexity index is 650. The molecule has 2 amide bonds. The number of likely N-dealkylation sites (N-methyl/N-ethyl adjacent to an activating group) is 2. The number of nitrogens with one attached hydrogen (secondary N) is 1. The highest BCUT2D eigenvalue weighted by Crippen LogP contribution is 2.22. The van der Waals surface area contributed by atoms with Crippen LogP contribution < -0.4 is 5.32 Å². The molecule has 0 saturated carbocycles. The van der Waals surface area contributed by atoms with Crippen LogP contribution in [0.5, 0.6) is 0 Å². The standard InChI is InChI=1S/C22H29N3O/c1-24-16-10-9-15-20(24)17-25(2)22(26)23-21(18-11-5-3-6-12-18)19-13-7-4-8-14-19/h3-8,11-14,20-21H,9-10,15-17H2,1-2H3,(H,23,26)/t20-/m1/s1. The molecule has 1 saturated heterocycles. The van der Waals surface area contributed by atoms with Gasteiger partial charge in [-0.1, -0.05) is 67.1 Å².